The van der Waals surface area contributed by atoms with E-state index in [9.17, 15) is 0 Å². The number of guanidine groups is 1. The number of methoxy groups -OCH3 is 1. The van der Waals surface area contributed by atoms with Crippen molar-refractivity contribution in [1.29, 1.82) is 0 Å². The van der Waals surface area contributed by atoms with E-state index in [0.29, 0.717) is 6.54 Å². The fourth-order valence-corrected chi connectivity index (χ4v) is 2.94. The highest BCUT2D eigenvalue weighted by Gasteiger charge is 2.17. The van der Waals surface area contributed by atoms with Crippen molar-refractivity contribution >= 4 is 29.9 Å². The Bertz CT molecular complexity index is 548. The zero-order chi connectivity index (χ0) is 18.1. The molecule has 1 aromatic carbocycles. The van der Waals surface area contributed by atoms with Gasteiger partial charge in [0, 0.05) is 13.6 Å². The molecule has 1 saturated heterocycles. The number of hydrogen-bond donors (Lipinski definition) is 2. The summed E-state index contributed by atoms with van der Waals surface area (Å²) in [5.41, 5.74) is 0. The number of likely N-dealkylation sites (tertiary alicyclic amines) is 1. The van der Waals surface area contributed by atoms with Crippen molar-refractivity contribution in [1.82, 2.24) is 15.5 Å². The van der Waals surface area contributed by atoms with Crippen molar-refractivity contribution < 1.29 is 9.47 Å². The molecule has 0 bridgehead atoms. The molecule has 26 heavy (non-hydrogen) atoms. The molecule has 1 heterocycles. The first-order valence-electron chi connectivity index (χ1n) is 9.05. The molecule has 1 aliphatic heterocycles. The Morgan fingerprint density at radius 1 is 1.23 bits per heavy atom. The molecule has 148 valence electrons. The summed E-state index contributed by atoms with van der Waals surface area (Å²) < 4.78 is 11.3. The smallest absolute Gasteiger partial charge is 0.191 e. The summed E-state index contributed by atoms with van der Waals surface area (Å²) in [6.45, 7) is 6.04. The molecule has 7 heteroatoms. The highest BCUT2D eigenvalue weighted by Crippen LogP contribution is 2.26. The van der Waals surface area contributed by atoms with Crippen LogP contribution in [0.15, 0.2) is 29.3 Å². The van der Waals surface area contributed by atoms with E-state index in [1.54, 1.807) is 14.2 Å². The number of halogens is 1. The van der Waals surface area contributed by atoms with Crippen molar-refractivity contribution in [3.8, 4) is 11.5 Å². The van der Waals surface area contributed by atoms with E-state index in [1.807, 2.05) is 31.2 Å². The van der Waals surface area contributed by atoms with Crippen LogP contribution in [0.25, 0.3) is 0 Å². The molecule has 0 aromatic heterocycles. The summed E-state index contributed by atoms with van der Waals surface area (Å²) in [7, 11) is 5.64. The molecule has 0 spiro atoms. The molecule has 1 fully saturated rings. The standard InChI is InChI=1S/C19H32N4O2.HI/c1-15(25-18-8-6-5-7-17(18)24-4)13-21-19(20-2)22-14-16-9-11-23(3)12-10-16;/h5-8,15-16H,9-14H2,1-4H3,(H2,20,21,22);1H. The van der Waals surface area contributed by atoms with Crippen LogP contribution in [-0.4, -0.2) is 64.3 Å². The monoisotopic (exact) mass is 476 g/mol. The van der Waals surface area contributed by atoms with Gasteiger partial charge in [0.25, 0.3) is 0 Å². The maximum absolute atomic E-state index is 5.96. The van der Waals surface area contributed by atoms with Crippen LogP contribution in [0.3, 0.4) is 0 Å². The average molecular weight is 476 g/mol. The normalized spacial score (nSPS) is 17.2. The number of nitrogens with one attached hydrogen (secondary N) is 2. The number of aliphatic imine (C=N–C) groups is 1. The molecular formula is C19H33IN4O2. The van der Waals surface area contributed by atoms with Gasteiger partial charge in [0.15, 0.2) is 17.5 Å². The zero-order valence-electron chi connectivity index (χ0n) is 16.3. The van der Waals surface area contributed by atoms with Gasteiger partial charge in [0.1, 0.15) is 6.10 Å². The Labute approximate surface area is 174 Å². The van der Waals surface area contributed by atoms with E-state index >= 15 is 0 Å². The molecule has 0 radical (unpaired) electrons. The van der Waals surface area contributed by atoms with Gasteiger partial charge in [-0.25, -0.2) is 0 Å². The van der Waals surface area contributed by atoms with Crippen molar-refractivity contribution in [3.05, 3.63) is 24.3 Å². The summed E-state index contributed by atoms with van der Waals surface area (Å²) >= 11 is 0. The predicted molar refractivity (Wildman–Crippen MR) is 118 cm³/mol. The molecule has 0 saturated carbocycles. The summed E-state index contributed by atoms with van der Waals surface area (Å²) in [5.74, 6) is 3.05. The lowest BCUT2D eigenvalue weighted by Crippen LogP contribution is -2.44. The van der Waals surface area contributed by atoms with Crippen molar-refractivity contribution in [2.75, 3.05) is 47.4 Å². The van der Waals surface area contributed by atoms with Gasteiger partial charge in [-0.15, -0.1) is 24.0 Å². The summed E-state index contributed by atoms with van der Waals surface area (Å²) in [6.07, 6.45) is 2.49. The number of para-hydroxylation sites is 2. The summed E-state index contributed by atoms with van der Waals surface area (Å²) in [6, 6.07) is 7.70. The van der Waals surface area contributed by atoms with E-state index < -0.39 is 0 Å². The Morgan fingerprint density at radius 3 is 2.50 bits per heavy atom. The number of hydrogen-bond acceptors (Lipinski definition) is 4. The topological polar surface area (TPSA) is 58.1 Å². The molecule has 2 rings (SSSR count). The van der Waals surface area contributed by atoms with Gasteiger partial charge in [0.2, 0.25) is 0 Å². The first-order valence-corrected chi connectivity index (χ1v) is 9.05. The lowest BCUT2D eigenvalue weighted by Gasteiger charge is -2.29. The van der Waals surface area contributed by atoms with Gasteiger partial charge in [-0.1, -0.05) is 12.1 Å². The van der Waals surface area contributed by atoms with Gasteiger partial charge in [-0.05, 0) is 58.0 Å². The predicted octanol–water partition coefficient (Wildman–Crippen LogP) is 2.59. The number of rotatable bonds is 7. The minimum Gasteiger partial charge on any atom is -0.493 e. The molecule has 6 nitrogen and oxygen atoms in total. The first kappa shape index (κ1) is 22.8. The maximum atomic E-state index is 5.96. The van der Waals surface area contributed by atoms with Crippen LogP contribution >= 0.6 is 24.0 Å². The van der Waals surface area contributed by atoms with E-state index in [0.717, 1.165) is 29.9 Å². The number of piperidine rings is 1. The SMILES string of the molecule is CN=C(NCC1CCN(C)CC1)NCC(C)Oc1ccccc1OC.I. The molecule has 1 aliphatic rings. The van der Waals surface area contributed by atoms with Crippen LogP contribution in [0.5, 0.6) is 11.5 Å². The van der Waals surface area contributed by atoms with E-state index in [4.69, 9.17) is 9.47 Å². The molecule has 0 amide bonds. The fourth-order valence-electron chi connectivity index (χ4n) is 2.94. The van der Waals surface area contributed by atoms with Crippen LogP contribution in [0.4, 0.5) is 0 Å². The van der Waals surface area contributed by atoms with Crippen LogP contribution < -0.4 is 20.1 Å². The van der Waals surface area contributed by atoms with E-state index in [-0.39, 0.29) is 30.1 Å². The Kier molecular flexibility index (Phi) is 10.7. The fraction of sp³-hybridized carbons (Fsp3) is 0.632. The minimum atomic E-state index is -0.00169. The van der Waals surface area contributed by atoms with Crippen LogP contribution in [0.1, 0.15) is 19.8 Å². The van der Waals surface area contributed by atoms with E-state index in [1.165, 1.54) is 25.9 Å². The van der Waals surface area contributed by atoms with Crippen LogP contribution in [0, 0.1) is 5.92 Å². The van der Waals surface area contributed by atoms with Crippen molar-refractivity contribution in [3.63, 3.8) is 0 Å². The second-order valence-electron chi connectivity index (χ2n) is 6.66. The minimum absolute atomic E-state index is 0. The molecule has 1 atom stereocenters. The largest absolute Gasteiger partial charge is 0.493 e. The Hall–Kier alpha value is -1.22. The number of ether oxygens (including phenoxy) is 2. The van der Waals surface area contributed by atoms with Crippen LogP contribution in [0.2, 0.25) is 0 Å². The van der Waals surface area contributed by atoms with Crippen LogP contribution in [-0.2, 0) is 0 Å². The molecular weight excluding hydrogens is 443 g/mol. The summed E-state index contributed by atoms with van der Waals surface area (Å²) in [4.78, 5) is 6.69. The van der Waals surface area contributed by atoms with E-state index in [2.05, 4.69) is 27.6 Å². The number of benzene rings is 1. The Balaban J connectivity index is 0.00000338. The third-order valence-electron chi connectivity index (χ3n) is 4.57. The number of nitrogens with zero attached hydrogens (tertiary/aromatic N) is 2. The first-order chi connectivity index (χ1) is 12.1. The highest BCUT2D eigenvalue weighted by molar-refractivity contribution is 14.0. The highest BCUT2D eigenvalue weighted by atomic mass is 127. The van der Waals surface area contributed by atoms with Gasteiger partial charge in [0.05, 0.1) is 13.7 Å². The third kappa shape index (κ3) is 7.57. The second-order valence-corrected chi connectivity index (χ2v) is 6.66. The maximum Gasteiger partial charge on any atom is 0.191 e. The molecule has 1 aromatic rings. The molecule has 2 N–H and O–H groups in total. The molecule has 0 aliphatic carbocycles. The van der Waals surface area contributed by atoms with Gasteiger partial charge in [-0.2, -0.15) is 0 Å². The van der Waals surface area contributed by atoms with Gasteiger partial charge < -0.3 is 25.0 Å². The zero-order valence-corrected chi connectivity index (χ0v) is 18.7. The second kappa shape index (κ2) is 12.2. The summed E-state index contributed by atoms with van der Waals surface area (Å²) in [5, 5.41) is 6.77. The lowest BCUT2D eigenvalue weighted by atomic mass is 9.97. The average Bonchev–Trinajstić information content (AvgIpc) is 2.63. The van der Waals surface area contributed by atoms with Crippen molar-refractivity contribution in [2.24, 2.45) is 10.9 Å². The lowest BCUT2D eigenvalue weighted by molar-refractivity contribution is 0.212. The quantitative estimate of drug-likeness (QED) is 0.360. The van der Waals surface area contributed by atoms with Crippen molar-refractivity contribution in [2.45, 2.75) is 25.9 Å². The molecule has 1 unspecified atom stereocenters. The Morgan fingerprint density at radius 2 is 1.88 bits per heavy atom. The van der Waals surface area contributed by atoms with Gasteiger partial charge in [-0.3, -0.25) is 4.99 Å². The third-order valence-corrected chi connectivity index (χ3v) is 4.57. The van der Waals surface area contributed by atoms with Gasteiger partial charge >= 0.3 is 0 Å².